The molecule has 11 aromatic rings. The molecule has 9 aromatic carbocycles. The molecule has 0 bridgehead atoms. The number of benzene rings is 9. The van der Waals surface area contributed by atoms with Crippen LogP contribution in [0.2, 0.25) is 0 Å². The van der Waals surface area contributed by atoms with E-state index in [1.807, 2.05) is 118 Å². The second-order valence-electron chi connectivity index (χ2n) is 16.8. The van der Waals surface area contributed by atoms with Gasteiger partial charge >= 0.3 is 12.4 Å². The van der Waals surface area contributed by atoms with E-state index in [0.717, 1.165) is 66.4 Å². The molecule has 0 saturated heterocycles. The summed E-state index contributed by atoms with van der Waals surface area (Å²) in [7, 11) is 0. The lowest BCUT2D eigenvalue weighted by Crippen LogP contribution is -2.12. The van der Waals surface area contributed by atoms with Gasteiger partial charge in [0.05, 0.1) is 73.8 Å². The van der Waals surface area contributed by atoms with Crippen LogP contribution in [0.4, 0.5) is 26.3 Å². The molecule has 0 aliphatic heterocycles. The van der Waals surface area contributed by atoms with Gasteiger partial charge in [-0.25, -0.2) is 0 Å². The third-order valence-electron chi connectivity index (χ3n) is 12.9. The first-order valence-corrected chi connectivity index (χ1v) is 21.9. The highest BCUT2D eigenvalue weighted by molar-refractivity contribution is 6.12. The quantitative estimate of drug-likeness (QED) is 0.156. The number of rotatable bonds is 6. The van der Waals surface area contributed by atoms with Gasteiger partial charge in [0.15, 0.2) is 0 Å². The number of halogens is 6. The van der Waals surface area contributed by atoms with Crippen molar-refractivity contribution in [2.45, 2.75) is 12.4 Å². The van der Waals surface area contributed by atoms with Crippen molar-refractivity contribution in [2.24, 2.45) is 0 Å². The molecule has 0 fully saturated rings. The van der Waals surface area contributed by atoms with Gasteiger partial charge in [0.1, 0.15) is 0 Å². The van der Waals surface area contributed by atoms with Crippen LogP contribution < -0.4 is 0 Å². The average Bonchev–Trinajstić information content (AvgIpc) is 3.89. The maximum absolute atomic E-state index is 15.2. The molecule has 2 heterocycles. The van der Waals surface area contributed by atoms with E-state index in [0.29, 0.717) is 39.6 Å². The summed E-state index contributed by atoms with van der Waals surface area (Å²) in [6.07, 6.45) is -10.3. The third-order valence-corrected chi connectivity index (χ3v) is 12.9. The number of nitriles is 3. The third kappa shape index (κ3) is 7.10. The van der Waals surface area contributed by atoms with Gasteiger partial charge < -0.3 is 9.13 Å². The van der Waals surface area contributed by atoms with E-state index >= 15 is 13.2 Å². The molecule has 11 rings (SSSR count). The standard InChI is InChI=1S/C59H31F6N5/c60-58(61,62)40-20-22-45(52(30-40)59(63,64)65)44-23-21-41(69-53-15-7-5-13-46(53)50-28-36(18-25-55(50)69)42-11-3-1-9-38(42)33-67)31-48(44)49-27-35(32-66)17-24-56(49)70-54-16-8-6-14-47(54)51-29-37(19-26-57(51)70)43-12-4-2-10-39(43)34-68/h1-31H. The van der Waals surface area contributed by atoms with Gasteiger partial charge in [-0.3, -0.25) is 0 Å². The molecule has 334 valence electrons. The zero-order chi connectivity index (χ0) is 48.5. The molecule has 0 atom stereocenters. The molecule has 0 N–H and O–H groups in total. The summed E-state index contributed by atoms with van der Waals surface area (Å²) >= 11 is 0. The Morgan fingerprint density at radius 1 is 0.357 bits per heavy atom. The van der Waals surface area contributed by atoms with Gasteiger partial charge in [-0.15, -0.1) is 0 Å². The molecule has 0 aliphatic rings. The van der Waals surface area contributed by atoms with Gasteiger partial charge in [0.2, 0.25) is 0 Å². The maximum Gasteiger partial charge on any atom is 0.417 e. The van der Waals surface area contributed by atoms with Crippen LogP contribution >= 0.6 is 0 Å². The van der Waals surface area contributed by atoms with Crippen molar-refractivity contribution in [1.29, 1.82) is 15.8 Å². The summed E-state index contributed by atoms with van der Waals surface area (Å²) in [4.78, 5) is 0. The Hall–Kier alpha value is -9.37. The Balaban J connectivity index is 1.22. The fraction of sp³-hybridized carbons (Fsp3) is 0.0339. The van der Waals surface area contributed by atoms with E-state index in [1.165, 1.54) is 6.07 Å². The van der Waals surface area contributed by atoms with Crippen LogP contribution in [0.25, 0.3) is 99.5 Å². The van der Waals surface area contributed by atoms with Crippen LogP contribution in [0, 0.1) is 34.0 Å². The van der Waals surface area contributed by atoms with Crippen molar-refractivity contribution < 1.29 is 26.3 Å². The van der Waals surface area contributed by atoms with Crippen LogP contribution in [0.5, 0.6) is 0 Å². The zero-order valence-corrected chi connectivity index (χ0v) is 36.4. The topological polar surface area (TPSA) is 81.2 Å². The van der Waals surface area contributed by atoms with Crippen LogP contribution in [-0.4, -0.2) is 9.13 Å². The van der Waals surface area contributed by atoms with Crippen molar-refractivity contribution in [1.82, 2.24) is 9.13 Å². The Labute approximate surface area is 395 Å². The lowest BCUT2D eigenvalue weighted by Gasteiger charge is -2.22. The molecule has 0 spiro atoms. The zero-order valence-electron chi connectivity index (χ0n) is 36.4. The lowest BCUT2D eigenvalue weighted by atomic mass is 9.88. The minimum atomic E-state index is -5.20. The summed E-state index contributed by atoms with van der Waals surface area (Å²) < 4.78 is 92.0. The van der Waals surface area contributed by atoms with E-state index < -0.39 is 29.0 Å². The Bertz CT molecular complexity index is 4100. The molecule has 0 aliphatic carbocycles. The molecule has 0 radical (unpaired) electrons. The van der Waals surface area contributed by atoms with Gasteiger partial charge in [0, 0.05) is 32.8 Å². The van der Waals surface area contributed by atoms with Crippen LogP contribution in [0.15, 0.2) is 188 Å². The highest BCUT2D eigenvalue weighted by Gasteiger charge is 2.39. The molecule has 5 nitrogen and oxygen atoms in total. The maximum atomic E-state index is 15.2. The minimum Gasteiger partial charge on any atom is -0.309 e. The van der Waals surface area contributed by atoms with Crippen molar-refractivity contribution in [3.63, 3.8) is 0 Å². The second kappa shape index (κ2) is 16.4. The first-order chi connectivity index (χ1) is 33.9. The van der Waals surface area contributed by atoms with E-state index in [9.17, 15) is 29.0 Å². The molecule has 0 saturated carbocycles. The summed E-state index contributed by atoms with van der Waals surface area (Å²) in [5, 5.41) is 33.7. The highest BCUT2D eigenvalue weighted by atomic mass is 19.4. The fourth-order valence-electron chi connectivity index (χ4n) is 9.82. The molecule has 0 amide bonds. The van der Waals surface area contributed by atoms with E-state index in [-0.39, 0.29) is 22.8 Å². The van der Waals surface area contributed by atoms with E-state index in [1.54, 1.807) is 54.6 Å². The van der Waals surface area contributed by atoms with Crippen molar-refractivity contribution in [2.75, 3.05) is 0 Å². The van der Waals surface area contributed by atoms with Gasteiger partial charge in [0.25, 0.3) is 0 Å². The first kappa shape index (κ1) is 43.2. The van der Waals surface area contributed by atoms with Gasteiger partial charge in [-0.2, -0.15) is 42.1 Å². The molecular weight excluding hydrogens is 893 g/mol. The predicted molar refractivity (Wildman–Crippen MR) is 261 cm³/mol. The van der Waals surface area contributed by atoms with Gasteiger partial charge in [-0.05, 0) is 130 Å². The Morgan fingerprint density at radius 2 is 0.886 bits per heavy atom. The van der Waals surface area contributed by atoms with E-state index in [4.69, 9.17) is 0 Å². The Morgan fingerprint density at radius 3 is 1.46 bits per heavy atom. The molecule has 0 unspecified atom stereocenters. The normalized spacial score (nSPS) is 11.8. The number of hydrogen-bond acceptors (Lipinski definition) is 3. The number of hydrogen-bond donors (Lipinski definition) is 0. The second-order valence-corrected chi connectivity index (χ2v) is 16.8. The SMILES string of the molecule is N#Cc1ccc(-n2c3ccccc3c3cc(-c4ccccc4C#N)ccc32)c(-c2cc(-n3c4ccccc4c4cc(-c5ccccc5C#N)ccc43)ccc2-c2ccc(C(F)(F)F)cc2C(F)(F)F)c1. The smallest absolute Gasteiger partial charge is 0.309 e. The lowest BCUT2D eigenvalue weighted by molar-refractivity contribution is -0.142. The summed E-state index contributed by atoms with van der Waals surface area (Å²) in [5.74, 6) is 0. The summed E-state index contributed by atoms with van der Waals surface area (Å²) in [6.45, 7) is 0. The average molecular weight is 924 g/mol. The molecule has 2 aromatic heterocycles. The van der Waals surface area contributed by atoms with Crippen LogP contribution in [0.3, 0.4) is 0 Å². The van der Waals surface area contributed by atoms with Crippen molar-refractivity contribution in [3.05, 3.63) is 216 Å². The summed E-state index contributed by atoms with van der Waals surface area (Å²) in [5.41, 5.74) is 5.31. The Kier molecular flexibility index (Phi) is 10.2. The van der Waals surface area contributed by atoms with Crippen LogP contribution in [-0.2, 0) is 12.4 Å². The summed E-state index contributed by atoms with van der Waals surface area (Å²) in [6, 6.07) is 59.6. The fourth-order valence-corrected chi connectivity index (χ4v) is 9.82. The van der Waals surface area contributed by atoms with E-state index in [2.05, 4.69) is 18.2 Å². The number of fused-ring (bicyclic) bond motifs is 6. The molecule has 11 heteroatoms. The van der Waals surface area contributed by atoms with Crippen LogP contribution in [0.1, 0.15) is 27.8 Å². The first-order valence-electron chi connectivity index (χ1n) is 21.9. The van der Waals surface area contributed by atoms with Crippen molar-refractivity contribution >= 4 is 43.6 Å². The molecular formula is C59H31F6N5. The minimum absolute atomic E-state index is 0.0199. The predicted octanol–water partition coefficient (Wildman–Crippen LogP) is 16.2. The number of alkyl halides is 6. The number of nitrogens with zero attached hydrogens (tertiary/aromatic N) is 5. The highest BCUT2D eigenvalue weighted by Crippen LogP contribution is 2.47. The number of aromatic nitrogens is 2. The van der Waals surface area contributed by atoms with Crippen molar-refractivity contribution in [3.8, 4) is 74.1 Å². The number of para-hydroxylation sites is 2. The largest absolute Gasteiger partial charge is 0.417 e. The monoisotopic (exact) mass is 923 g/mol. The molecule has 70 heavy (non-hydrogen) atoms. The van der Waals surface area contributed by atoms with Gasteiger partial charge in [-0.1, -0.05) is 97.1 Å².